The molecule has 0 N–H and O–H groups in total. The van der Waals surface area contributed by atoms with E-state index in [0.29, 0.717) is 12.0 Å². The number of nitrogens with zero attached hydrogens (tertiary/aromatic N) is 2. The van der Waals surface area contributed by atoms with E-state index in [-0.39, 0.29) is 11.9 Å². The Kier molecular flexibility index (Phi) is 6.49. The van der Waals surface area contributed by atoms with Crippen molar-refractivity contribution in [2.24, 2.45) is 0 Å². The highest BCUT2D eigenvalue weighted by Crippen LogP contribution is 2.40. The quantitative estimate of drug-likeness (QED) is 0.587. The van der Waals surface area contributed by atoms with Crippen LogP contribution >= 0.6 is 0 Å². The summed E-state index contributed by atoms with van der Waals surface area (Å²) in [6.45, 7) is 9.59. The molecule has 2 amide bonds. The standard InChI is InChI=1S/C27H34N2O3/c1-26(2,3)32-25(31)29-23(17-21(24(29)30)18-28(6)7)27(4,5)22-15-13-20(14-16-22)19-11-9-8-10-12-19/h8-16,18,23H,17H2,1-7H3/b21-18-/t23-/m0/s1. The number of amides is 2. The van der Waals surface area contributed by atoms with E-state index in [1.165, 1.54) is 4.90 Å². The second kappa shape index (κ2) is 8.81. The summed E-state index contributed by atoms with van der Waals surface area (Å²) in [5.74, 6) is -0.285. The molecule has 2 aromatic rings. The maximum Gasteiger partial charge on any atom is 0.417 e. The van der Waals surface area contributed by atoms with Crippen molar-refractivity contribution in [3.63, 3.8) is 0 Å². The van der Waals surface area contributed by atoms with Crippen molar-refractivity contribution in [2.75, 3.05) is 14.1 Å². The van der Waals surface area contributed by atoms with Crippen molar-refractivity contribution in [2.45, 2.75) is 58.1 Å². The molecule has 1 atom stereocenters. The molecule has 2 aromatic carbocycles. The Balaban J connectivity index is 1.97. The van der Waals surface area contributed by atoms with E-state index >= 15 is 0 Å². The van der Waals surface area contributed by atoms with E-state index in [9.17, 15) is 9.59 Å². The van der Waals surface area contributed by atoms with Crippen LogP contribution in [0.4, 0.5) is 4.79 Å². The van der Waals surface area contributed by atoms with Gasteiger partial charge in [0, 0.05) is 37.7 Å². The van der Waals surface area contributed by atoms with Crippen LogP contribution in [0.3, 0.4) is 0 Å². The van der Waals surface area contributed by atoms with Crippen LogP contribution in [0.15, 0.2) is 66.4 Å². The van der Waals surface area contributed by atoms with Crippen LogP contribution in [0, 0.1) is 0 Å². The Morgan fingerprint density at radius 3 is 2.06 bits per heavy atom. The molecule has 32 heavy (non-hydrogen) atoms. The molecule has 1 heterocycles. The van der Waals surface area contributed by atoms with Gasteiger partial charge < -0.3 is 9.64 Å². The summed E-state index contributed by atoms with van der Waals surface area (Å²) in [5, 5.41) is 0. The number of carbonyl (C=O) groups is 2. The van der Waals surface area contributed by atoms with Gasteiger partial charge in [-0.2, -0.15) is 0 Å². The zero-order chi connectivity index (χ0) is 23.7. The van der Waals surface area contributed by atoms with Crippen molar-refractivity contribution in [3.05, 3.63) is 71.9 Å². The third kappa shape index (κ3) is 5.04. The average molecular weight is 435 g/mol. The molecule has 0 aromatic heterocycles. The van der Waals surface area contributed by atoms with Gasteiger partial charge in [-0.1, -0.05) is 68.4 Å². The fourth-order valence-corrected chi connectivity index (χ4v) is 4.12. The van der Waals surface area contributed by atoms with Crippen molar-refractivity contribution in [1.29, 1.82) is 0 Å². The maximum atomic E-state index is 13.2. The topological polar surface area (TPSA) is 49.9 Å². The summed E-state index contributed by atoms with van der Waals surface area (Å²) in [5.41, 5.74) is 2.81. The number of carbonyl (C=O) groups excluding carboxylic acids is 2. The number of hydrogen-bond donors (Lipinski definition) is 0. The van der Waals surface area contributed by atoms with Gasteiger partial charge in [0.2, 0.25) is 0 Å². The zero-order valence-electron chi connectivity index (χ0n) is 20.2. The molecule has 5 heteroatoms. The second-order valence-electron chi connectivity index (χ2n) is 10.2. The molecule has 1 aliphatic rings. The molecule has 1 saturated heterocycles. The molecule has 0 aliphatic carbocycles. The molecule has 1 fully saturated rings. The van der Waals surface area contributed by atoms with Crippen LogP contribution < -0.4 is 0 Å². The van der Waals surface area contributed by atoms with Crippen LogP contribution in [0.5, 0.6) is 0 Å². The molecule has 0 spiro atoms. The van der Waals surface area contributed by atoms with Gasteiger partial charge in [-0.15, -0.1) is 0 Å². The SMILES string of the molecule is CN(C)/C=C1/C[C@@H](C(C)(C)c2ccc(-c3ccccc3)cc2)N(C(=O)OC(C)(C)C)C1=O. The fourth-order valence-electron chi connectivity index (χ4n) is 4.12. The minimum atomic E-state index is -0.683. The third-order valence-corrected chi connectivity index (χ3v) is 5.79. The number of likely N-dealkylation sites (tertiary alicyclic amines) is 1. The molecule has 0 saturated carbocycles. The molecule has 0 radical (unpaired) electrons. The predicted molar refractivity (Wildman–Crippen MR) is 128 cm³/mol. The average Bonchev–Trinajstić information content (AvgIpc) is 3.04. The first kappa shape index (κ1) is 23.6. The Morgan fingerprint density at radius 1 is 0.969 bits per heavy atom. The zero-order valence-corrected chi connectivity index (χ0v) is 20.2. The van der Waals surface area contributed by atoms with Gasteiger partial charge in [-0.25, -0.2) is 9.69 Å². The molecule has 0 bridgehead atoms. The van der Waals surface area contributed by atoms with Gasteiger partial charge >= 0.3 is 6.09 Å². The number of benzene rings is 2. The summed E-state index contributed by atoms with van der Waals surface area (Å²) in [6, 6.07) is 18.2. The Hall–Kier alpha value is -3.08. The highest BCUT2D eigenvalue weighted by Gasteiger charge is 2.49. The van der Waals surface area contributed by atoms with Crippen molar-refractivity contribution < 1.29 is 14.3 Å². The molecular formula is C27H34N2O3. The fraction of sp³-hybridized carbons (Fsp3) is 0.407. The maximum absolute atomic E-state index is 13.2. The first-order chi connectivity index (χ1) is 14.9. The minimum absolute atomic E-state index is 0.285. The van der Waals surface area contributed by atoms with Gasteiger partial charge in [0.25, 0.3) is 5.91 Å². The van der Waals surface area contributed by atoms with Crippen LogP contribution in [-0.4, -0.2) is 47.5 Å². The minimum Gasteiger partial charge on any atom is -0.443 e. The Morgan fingerprint density at radius 2 is 1.53 bits per heavy atom. The summed E-state index contributed by atoms with van der Waals surface area (Å²) in [6.07, 6.45) is 1.68. The van der Waals surface area contributed by atoms with Crippen molar-refractivity contribution in [3.8, 4) is 11.1 Å². The van der Waals surface area contributed by atoms with Gasteiger partial charge in [0.15, 0.2) is 0 Å². The van der Waals surface area contributed by atoms with Gasteiger partial charge in [-0.3, -0.25) is 4.79 Å². The Bertz CT molecular complexity index is 999. The van der Waals surface area contributed by atoms with E-state index in [2.05, 4.69) is 50.2 Å². The highest BCUT2D eigenvalue weighted by molar-refractivity contribution is 6.05. The van der Waals surface area contributed by atoms with Crippen molar-refractivity contribution in [1.82, 2.24) is 9.80 Å². The number of rotatable bonds is 4. The van der Waals surface area contributed by atoms with Crippen LogP contribution in [0.2, 0.25) is 0 Å². The summed E-state index contributed by atoms with van der Waals surface area (Å²) >= 11 is 0. The lowest BCUT2D eigenvalue weighted by Gasteiger charge is -2.37. The monoisotopic (exact) mass is 434 g/mol. The number of ether oxygens (including phenoxy) is 1. The smallest absolute Gasteiger partial charge is 0.417 e. The summed E-state index contributed by atoms with van der Waals surface area (Å²) < 4.78 is 5.61. The van der Waals surface area contributed by atoms with E-state index in [0.717, 1.165) is 16.7 Å². The highest BCUT2D eigenvalue weighted by atomic mass is 16.6. The largest absolute Gasteiger partial charge is 0.443 e. The lowest BCUT2D eigenvalue weighted by Crippen LogP contribution is -2.49. The van der Waals surface area contributed by atoms with Gasteiger partial charge in [0.1, 0.15) is 5.60 Å². The van der Waals surface area contributed by atoms with E-state index in [1.54, 1.807) is 6.20 Å². The lowest BCUT2D eigenvalue weighted by atomic mass is 9.76. The first-order valence-electron chi connectivity index (χ1n) is 11.0. The van der Waals surface area contributed by atoms with Gasteiger partial charge in [-0.05, 0) is 37.5 Å². The number of hydrogen-bond acceptors (Lipinski definition) is 4. The third-order valence-electron chi connectivity index (χ3n) is 5.79. The predicted octanol–water partition coefficient (Wildman–Crippen LogP) is 5.61. The molecular weight excluding hydrogens is 400 g/mol. The van der Waals surface area contributed by atoms with E-state index in [1.807, 2.05) is 58.0 Å². The molecule has 0 unspecified atom stereocenters. The normalized spacial score (nSPS) is 18.2. The van der Waals surface area contributed by atoms with E-state index in [4.69, 9.17) is 4.74 Å². The van der Waals surface area contributed by atoms with Crippen LogP contribution in [0.25, 0.3) is 11.1 Å². The lowest BCUT2D eigenvalue weighted by molar-refractivity contribution is -0.126. The van der Waals surface area contributed by atoms with Crippen LogP contribution in [-0.2, 0) is 14.9 Å². The first-order valence-corrected chi connectivity index (χ1v) is 11.0. The van der Waals surface area contributed by atoms with Crippen LogP contribution in [0.1, 0.15) is 46.6 Å². The van der Waals surface area contributed by atoms with Crippen molar-refractivity contribution >= 4 is 12.0 Å². The second-order valence-corrected chi connectivity index (χ2v) is 10.2. The molecule has 1 aliphatic heterocycles. The number of imide groups is 1. The summed E-state index contributed by atoms with van der Waals surface area (Å²) in [7, 11) is 3.75. The summed E-state index contributed by atoms with van der Waals surface area (Å²) in [4.78, 5) is 29.4. The molecule has 3 rings (SSSR count). The van der Waals surface area contributed by atoms with Gasteiger partial charge in [0.05, 0.1) is 6.04 Å². The molecule has 5 nitrogen and oxygen atoms in total. The van der Waals surface area contributed by atoms with E-state index < -0.39 is 17.1 Å². The Labute approximate surface area is 191 Å². The molecule has 170 valence electrons.